The van der Waals surface area contributed by atoms with E-state index in [0.717, 1.165) is 6.26 Å². The van der Waals surface area contributed by atoms with Crippen LogP contribution in [0.5, 0.6) is 5.75 Å². The number of aliphatic hydroxyl groups excluding tert-OH is 1. The van der Waals surface area contributed by atoms with Gasteiger partial charge in [0, 0.05) is 17.9 Å². The van der Waals surface area contributed by atoms with Crippen LogP contribution in [0.25, 0.3) is 0 Å². The standard InChI is InChI=1S/C12H17FO4S/c1-9(14)11-5-4-10(13)8-12(11)17-6-3-7-18(2,15)16/h4-5,8-9,14H,3,6-7H2,1-2H3. The SMILES string of the molecule is CC(O)c1ccc(F)cc1OCCCS(C)(=O)=O. The first-order valence-corrected chi connectivity index (χ1v) is 7.63. The molecule has 0 bridgehead atoms. The van der Waals surface area contributed by atoms with Crippen molar-refractivity contribution in [1.82, 2.24) is 0 Å². The lowest BCUT2D eigenvalue weighted by atomic mass is 10.1. The van der Waals surface area contributed by atoms with E-state index in [1.54, 1.807) is 6.92 Å². The maximum Gasteiger partial charge on any atom is 0.147 e. The molecule has 0 spiro atoms. The number of ether oxygens (including phenoxy) is 1. The fraction of sp³-hybridized carbons (Fsp3) is 0.500. The van der Waals surface area contributed by atoms with Gasteiger partial charge >= 0.3 is 0 Å². The second kappa shape index (κ2) is 6.15. The van der Waals surface area contributed by atoms with Crippen molar-refractivity contribution in [3.63, 3.8) is 0 Å². The van der Waals surface area contributed by atoms with Crippen LogP contribution in [0.1, 0.15) is 25.0 Å². The van der Waals surface area contributed by atoms with Gasteiger partial charge in [-0.2, -0.15) is 0 Å². The van der Waals surface area contributed by atoms with Gasteiger partial charge in [-0.05, 0) is 25.5 Å². The van der Waals surface area contributed by atoms with Gasteiger partial charge in [0.2, 0.25) is 0 Å². The summed E-state index contributed by atoms with van der Waals surface area (Å²) in [6.07, 6.45) is 0.709. The molecule has 0 aliphatic carbocycles. The highest BCUT2D eigenvalue weighted by Gasteiger charge is 2.10. The number of rotatable bonds is 6. The average molecular weight is 276 g/mol. The molecule has 0 amide bonds. The number of benzene rings is 1. The molecule has 18 heavy (non-hydrogen) atoms. The van der Waals surface area contributed by atoms with Crippen molar-refractivity contribution in [2.45, 2.75) is 19.4 Å². The van der Waals surface area contributed by atoms with Gasteiger partial charge in [0.25, 0.3) is 0 Å². The van der Waals surface area contributed by atoms with E-state index in [1.165, 1.54) is 18.2 Å². The third-order valence-corrected chi connectivity index (χ3v) is 3.37. The molecule has 4 nitrogen and oxygen atoms in total. The predicted molar refractivity (Wildman–Crippen MR) is 66.9 cm³/mol. The van der Waals surface area contributed by atoms with E-state index < -0.39 is 21.8 Å². The van der Waals surface area contributed by atoms with Crippen molar-refractivity contribution in [2.75, 3.05) is 18.6 Å². The van der Waals surface area contributed by atoms with Crippen LogP contribution in [0.4, 0.5) is 4.39 Å². The molecule has 1 rings (SSSR count). The Kier molecular flexibility index (Phi) is 5.10. The van der Waals surface area contributed by atoms with E-state index in [0.29, 0.717) is 12.0 Å². The molecule has 0 heterocycles. The second-order valence-electron chi connectivity index (χ2n) is 4.19. The number of sulfone groups is 1. The predicted octanol–water partition coefficient (Wildman–Crippen LogP) is 1.69. The van der Waals surface area contributed by atoms with Crippen LogP contribution in [0, 0.1) is 5.82 Å². The van der Waals surface area contributed by atoms with E-state index in [4.69, 9.17) is 4.74 Å². The van der Waals surface area contributed by atoms with Crippen LogP contribution >= 0.6 is 0 Å². The Bertz CT molecular complexity index is 497. The van der Waals surface area contributed by atoms with Gasteiger partial charge in [-0.3, -0.25) is 0 Å². The van der Waals surface area contributed by atoms with E-state index in [9.17, 15) is 17.9 Å². The van der Waals surface area contributed by atoms with Crippen molar-refractivity contribution >= 4 is 9.84 Å². The first-order chi connectivity index (χ1) is 8.29. The van der Waals surface area contributed by atoms with Crippen molar-refractivity contribution in [1.29, 1.82) is 0 Å². The second-order valence-corrected chi connectivity index (χ2v) is 6.45. The molecule has 0 aliphatic rings. The summed E-state index contributed by atoms with van der Waals surface area (Å²) in [5.41, 5.74) is 0.482. The molecule has 1 unspecified atom stereocenters. The van der Waals surface area contributed by atoms with Crippen LogP contribution in [-0.2, 0) is 9.84 Å². The highest BCUT2D eigenvalue weighted by Crippen LogP contribution is 2.26. The van der Waals surface area contributed by atoms with E-state index in [2.05, 4.69) is 0 Å². The lowest BCUT2D eigenvalue weighted by molar-refractivity contribution is 0.191. The quantitative estimate of drug-likeness (QED) is 0.803. The van der Waals surface area contributed by atoms with Crippen molar-refractivity contribution in [3.05, 3.63) is 29.6 Å². The molecule has 0 aromatic heterocycles. The summed E-state index contributed by atoms with van der Waals surface area (Å²) in [5.74, 6) is -0.192. The maximum atomic E-state index is 13.1. The topological polar surface area (TPSA) is 63.6 Å². The van der Waals surface area contributed by atoms with Crippen LogP contribution < -0.4 is 4.74 Å². The Labute approximate surface area is 106 Å². The van der Waals surface area contributed by atoms with Gasteiger partial charge in [-0.1, -0.05) is 0 Å². The fourth-order valence-corrected chi connectivity index (χ4v) is 2.12. The number of halogens is 1. The first-order valence-electron chi connectivity index (χ1n) is 5.57. The molecule has 6 heteroatoms. The Morgan fingerprint density at radius 2 is 2.11 bits per heavy atom. The van der Waals surface area contributed by atoms with E-state index in [-0.39, 0.29) is 18.1 Å². The number of hydrogen-bond acceptors (Lipinski definition) is 4. The lowest BCUT2D eigenvalue weighted by Crippen LogP contribution is -2.09. The summed E-state index contributed by atoms with van der Waals surface area (Å²) in [7, 11) is -3.02. The molecular formula is C12H17FO4S. The molecule has 0 saturated heterocycles. The molecule has 1 N–H and O–H groups in total. The minimum Gasteiger partial charge on any atom is -0.493 e. The molecule has 1 atom stereocenters. The molecule has 0 aliphatic heterocycles. The van der Waals surface area contributed by atoms with Gasteiger partial charge in [0.05, 0.1) is 18.5 Å². The van der Waals surface area contributed by atoms with Crippen molar-refractivity contribution in [3.8, 4) is 5.75 Å². The third-order valence-electron chi connectivity index (χ3n) is 2.34. The molecule has 1 aromatic rings. The summed E-state index contributed by atoms with van der Waals surface area (Å²) < 4.78 is 40.2. The van der Waals surface area contributed by atoms with Crippen molar-refractivity contribution in [2.24, 2.45) is 0 Å². The van der Waals surface area contributed by atoms with Gasteiger partial charge in [0.15, 0.2) is 0 Å². The normalized spacial score (nSPS) is 13.3. The zero-order chi connectivity index (χ0) is 13.8. The zero-order valence-electron chi connectivity index (χ0n) is 10.4. The smallest absolute Gasteiger partial charge is 0.147 e. The Balaban J connectivity index is 2.63. The van der Waals surface area contributed by atoms with E-state index in [1.807, 2.05) is 0 Å². The van der Waals surface area contributed by atoms with Crippen LogP contribution in [0.2, 0.25) is 0 Å². The molecule has 0 radical (unpaired) electrons. The minimum atomic E-state index is -3.02. The summed E-state index contributed by atoms with van der Waals surface area (Å²) >= 11 is 0. The highest BCUT2D eigenvalue weighted by molar-refractivity contribution is 7.90. The molecule has 0 fully saturated rings. The van der Waals surface area contributed by atoms with Crippen LogP contribution in [-0.4, -0.2) is 32.1 Å². The maximum absolute atomic E-state index is 13.1. The van der Waals surface area contributed by atoms with Gasteiger partial charge in [-0.25, -0.2) is 12.8 Å². The van der Waals surface area contributed by atoms with Crippen LogP contribution in [0.15, 0.2) is 18.2 Å². The number of aliphatic hydroxyl groups is 1. The van der Waals surface area contributed by atoms with Gasteiger partial charge < -0.3 is 9.84 Å². The molecule has 102 valence electrons. The minimum absolute atomic E-state index is 0.0202. The molecule has 0 saturated carbocycles. The fourth-order valence-electron chi connectivity index (χ4n) is 1.48. The van der Waals surface area contributed by atoms with Gasteiger partial charge in [-0.15, -0.1) is 0 Å². The van der Waals surface area contributed by atoms with E-state index >= 15 is 0 Å². The summed E-state index contributed by atoms with van der Waals surface area (Å²) in [4.78, 5) is 0. The molecular weight excluding hydrogens is 259 g/mol. The Morgan fingerprint density at radius 1 is 1.44 bits per heavy atom. The first kappa shape index (κ1) is 14.9. The molecule has 1 aromatic carbocycles. The summed E-state index contributed by atoms with van der Waals surface area (Å²) in [6.45, 7) is 1.72. The Hall–Kier alpha value is -1.14. The third kappa shape index (κ3) is 5.01. The summed E-state index contributed by atoms with van der Waals surface area (Å²) in [5, 5.41) is 9.48. The average Bonchev–Trinajstić information content (AvgIpc) is 2.22. The zero-order valence-corrected chi connectivity index (χ0v) is 11.2. The monoisotopic (exact) mass is 276 g/mol. The highest BCUT2D eigenvalue weighted by atomic mass is 32.2. The number of hydrogen-bond donors (Lipinski definition) is 1. The Morgan fingerprint density at radius 3 is 2.67 bits per heavy atom. The van der Waals surface area contributed by atoms with Crippen LogP contribution in [0.3, 0.4) is 0 Å². The lowest BCUT2D eigenvalue weighted by Gasteiger charge is -2.13. The summed E-state index contributed by atoms with van der Waals surface area (Å²) in [6, 6.07) is 3.87. The largest absolute Gasteiger partial charge is 0.493 e. The van der Waals surface area contributed by atoms with Gasteiger partial charge in [0.1, 0.15) is 21.4 Å². The van der Waals surface area contributed by atoms with Crippen molar-refractivity contribution < 1.29 is 22.7 Å².